The van der Waals surface area contributed by atoms with Crippen molar-refractivity contribution in [1.29, 1.82) is 0 Å². The molecule has 12 heteroatoms. The maximum atomic E-state index is 11.2. The summed E-state index contributed by atoms with van der Waals surface area (Å²) in [6, 6.07) is 6.37. The van der Waals surface area contributed by atoms with E-state index >= 15 is 0 Å². The Labute approximate surface area is 258 Å². The molecule has 0 aliphatic rings. The first kappa shape index (κ1) is 43.3. The molecule has 0 aromatic heterocycles. The second-order valence-corrected chi connectivity index (χ2v) is 9.11. The molecule has 220 valence electrons. The van der Waals surface area contributed by atoms with Gasteiger partial charge in [-0.2, -0.15) is 0 Å². The van der Waals surface area contributed by atoms with Gasteiger partial charge >= 0.3 is 17.9 Å². The summed E-state index contributed by atoms with van der Waals surface area (Å²) >= 11 is 3.94. The van der Waals surface area contributed by atoms with Crippen LogP contribution in [0.5, 0.6) is 23.0 Å². The highest BCUT2D eigenvalue weighted by molar-refractivity contribution is 14.1. The normalized spacial score (nSPS) is 8.64. The largest absolute Gasteiger partial charge is 0.504 e. The van der Waals surface area contributed by atoms with Gasteiger partial charge in [-0.1, -0.05) is 22.3 Å². The van der Waals surface area contributed by atoms with Gasteiger partial charge in [0.1, 0.15) is 0 Å². The van der Waals surface area contributed by atoms with Gasteiger partial charge in [-0.3, -0.25) is 24.0 Å². The van der Waals surface area contributed by atoms with E-state index in [2.05, 4.69) is 4.74 Å². The molecule has 39 heavy (non-hydrogen) atoms. The average Bonchev–Trinajstić information content (AvgIpc) is 2.76. The topological polar surface area (TPSA) is 143 Å². The number of benzene rings is 2. The van der Waals surface area contributed by atoms with Crippen molar-refractivity contribution in [2.75, 3.05) is 14.2 Å². The van der Waals surface area contributed by atoms with Crippen molar-refractivity contribution < 1.29 is 48.0 Å². The van der Waals surface area contributed by atoms with Crippen molar-refractivity contribution in [1.82, 2.24) is 0 Å². The number of Topliss-reactive ketones (excluding diaryl/α,β-unsaturated/α-hetero) is 2. The summed E-state index contributed by atoms with van der Waals surface area (Å²) in [5.74, 6) is -0.522. The van der Waals surface area contributed by atoms with Gasteiger partial charge < -0.3 is 24.1 Å². The van der Waals surface area contributed by atoms with E-state index < -0.39 is 17.9 Å². The molecular weight excluding hydrogens is 738 g/mol. The summed E-state index contributed by atoms with van der Waals surface area (Å²) in [7, 11) is 2.91. The van der Waals surface area contributed by atoms with Gasteiger partial charge in [0.25, 0.3) is 0 Å². The Morgan fingerprint density at radius 1 is 0.641 bits per heavy atom. The highest BCUT2D eigenvalue weighted by Crippen LogP contribution is 2.34. The van der Waals surface area contributed by atoms with E-state index in [1.165, 1.54) is 54.9 Å². The van der Waals surface area contributed by atoms with E-state index in [1.54, 1.807) is 18.2 Å². The lowest BCUT2D eigenvalue weighted by atomic mass is 10.1. The lowest BCUT2D eigenvalue weighted by Gasteiger charge is -2.11. The number of carbonyl (C=O) groups excluding carboxylic acids is 5. The highest BCUT2D eigenvalue weighted by atomic mass is 127. The molecule has 2 rings (SSSR count). The molecule has 0 unspecified atom stereocenters. The number of ether oxygens (including phenoxy) is 4. The van der Waals surface area contributed by atoms with Crippen LogP contribution in [0.3, 0.4) is 0 Å². The van der Waals surface area contributed by atoms with E-state index in [0.717, 1.165) is 0 Å². The zero-order valence-electron chi connectivity index (χ0n) is 20.7. The van der Waals surface area contributed by atoms with E-state index in [0.29, 0.717) is 35.5 Å². The summed E-state index contributed by atoms with van der Waals surface area (Å²) in [6.07, 6.45) is 0. The van der Waals surface area contributed by atoms with Gasteiger partial charge in [0.2, 0.25) is 0 Å². The predicted octanol–water partition coefficient (Wildman–Crippen LogP) is 6.64. The van der Waals surface area contributed by atoms with Crippen LogP contribution in [0.25, 0.3) is 0 Å². The molecule has 0 atom stereocenters. The molecule has 0 saturated heterocycles. The summed E-state index contributed by atoms with van der Waals surface area (Å²) in [6.45, 7) is 6.62. The van der Waals surface area contributed by atoms with Gasteiger partial charge in [-0.25, -0.2) is 0 Å². The molecular formula is C27H38I2O10. The van der Waals surface area contributed by atoms with E-state index in [9.17, 15) is 29.1 Å². The Kier molecular flexibility index (Phi) is 23.5. The average molecular weight is 776 g/mol. The van der Waals surface area contributed by atoms with E-state index in [-0.39, 0.29) is 39.6 Å². The number of hydrogen-bond donors (Lipinski definition) is 1. The SMILES string of the molecule is C.C.C.CC(=O)OC(C)=O.COc1cc(C(C)=O)cc(I)c1O.COc1cc(C(C)=O)cc(I)c1OC(C)=O. The Balaban J connectivity index is -0.000000242. The monoisotopic (exact) mass is 776 g/mol. The molecule has 0 aliphatic carbocycles. The van der Waals surface area contributed by atoms with Crippen LogP contribution in [-0.4, -0.2) is 48.8 Å². The van der Waals surface area contributed by atoms with Crippen LogP contribution in [0.2, 0.25) is 0 Å². The number of phenolic OH excluding ortho intramolecular Hbond substituents is 1. The fourth-order valence-electron chi connectivity index (χ4n) is 2.30. The first-order chi connectivity index (χ1) is 16.6. The van der Waals surface area contributed by atoms with Gasteiger partial charge in [0.15, 0.2) is 34.6 Å². The molecule has 1 N–H and O–H groups in total. The molecule has 10 nitrogen and oxygen atoms in total. The number of methoxy groups -OCH3 is 2. The van der Waals surface area contributed by atoms with Gasteiger partial charge in [-0.05, 0) is 83.3 Å². The van der Waals surface area contributed by atoms with Crippen LogP contribution in [0.1, 0.15) is 77.6 Å². The number of hydrogen-bond acceptors (Lipinski definition) is 10. The van der Waals surface area contributed by atoms with Gasteiger partial charge in [0.05, 0.1) is 21.4 Å². The maximum absolute atomic E-state index is 11.2. The highest BCUT2D eigenvalue weighted by Gasteiger charge is 2.15. The molecule has 2 aromatic rings. The molecule has 0 amide bonds. The Morgan fingerprint density at radius 2 is 1.03 bits per heavy atom. The lowest BCUT2D eigenvalue weighted by Crippen LogP contribution is -2.06. The fraction of sp³-hybridized carbons (Fsp3) is 0.370. The first-order valence-corrected chi connectivity index (χ1v) is 12.1. The zero-order chi connectivity index (χ0) is 28.2. The smallest absolute Gasteiger partial charge is 0.310 e. The number of carbonyl (C=O) groups is 5. The summed E-state index contributed by atoms with van der Waals surface area (Å²) in [5.41, 5.74) is 1.07. The Bertz CT molecular complexity index is 1130. The molecule has 0 aliphatic heterocycles. The number of esters is 3. The van der Waals surface area contributed by atoms with Crippen molar-refractivity contribution in [3.05, 3.63) is 42.5 Å². The van der Waals surface area contributed by atoms with E-state index in [4.69, 9.17) is 14.2 Å². The van der Waals surface area contributed by atoms with Crippen molar-refractivity contribution in [2.24, 2.45) is 0 Å². The third-order valence-corrected chi connectivity index (χ3v) is 5.45. The Morgan fingerprint density at radius 3 is 1.33 bits per heavy atom. The molecule has 0 saturated carbocycles. The number of ketones is 2. The Hall–Kier alpha value is -2.75. The summed E-state index contributed by atoms with van der Waals surface area (Å²) < 4.78 is 20.3. The molecule has 2 aromatic carbocycles. The predicted molar refractivity (Wildman–Crippen MR) is 167 cm³/mol. The molecule has 0 heterocycles. The number of aromatic hydroxyl groups is 1. The van der Waals surface area contributed by atoms with Crippen LogP contribution in [0, 0.1) is 7.14 Å². The van der Waals surface area contributed by atoms with Crippen LogP contribution >= 0.6 is 45.2 Å². The van der Waals surface area contributed by atoms with Crippen LogP contribution in [0.15, 0.2) is 24.3 Å². The summed E-state index contributed by atoms with van der Waals surface area (Å²) in [5, 5.41) is 9.46. The fourth-order valence-corrected chi connectivity index (χ4v) is 3.61. The standard InChI is InChI=1S/C11H11IO4.C9H9IO3.C4H6O3.3CH4/c1-6(13)8-4-9(12)11(16-7(2)14)10(5-8)15-3;1-5(11)6-3-7(10)9(12)8(4-6)13-2;1-3(5)7-4(2)6;;;/h4-5H,1-3H3;3-4,12H,1-2H3;1-2H3;3*1H4. The number of phenols is 1. The zero-order valence-corrected chi connectivity index (χ0v) is 25.0. The van der Waals surface area contributed by atoms with Crippen molar-refractivity contribution in [3.63, 3.8) is 0 Å². The number of halogens is 2. The van der Waals surface area contributed by atoms with Crippen molar-refractivity contribution in [3.8, 4) is 23.0 Å². The lowest BCUT2D eigenvalue weighted by molar-refractivity contribution is -0.156. The van der Waals surface area contributed by atoms with Gasteiger partial charge in [-0.15, -0.1) is 0 Å². The maximum Gasteiger partial charge on any atom is 0.310 e. The second kappa shape index (κ2) is 21.1. The minimum absolute atomic E-state index is 0. The third-order valence-electron chi connectivity index (χ3n) is 3.82. The third kappa shape index (κ3) is 16.1. The second-order valence-electron chi connectivity index (χ2n) is 6.79. The van der Waals surface area contributed by atoms with Crippen molar-refractivity contribution in [2.45, 2.75) is 56.9 Å². The molecule has 0 radical (unpaired) electrons. The minimum atomic E-state index is -0.562. The van der Waals surface area contributed by atoms with Crippen LogP contribution < -0.4 is 14.2 Å². The van der Waals surface area contributed by atoms with Crippen LogP contribution in [-0.2, 0) is 19.1 Å². The minimum Gasteiger partial charge on any atom is -0.504 e. The quantitative estimate of drug-likeness (QED) is 0.116. The van der Waals surface area contributed by atoms with Crippen LogP contribution in [0.4, 0.5) is 0 Å². The summed E-state index contributed by atoms with van der Waals surface area (Å²) in [4.78, 5) is 52.8. The first-order valence-electron chi connectivity index (χ1n) is 9.97. The molecule has 0 spiro atoms. The molecule has 0 fully saturated rings. The van der Waals surface area contributed by atoms with Gasteiger partial charge in [0, 0.05) is 31.9 Å². The van der Waals surface area contributed by atoms with Crippen molar-refractivity contribution >= 4 is 74.7 Å². The number of rotatable bonds is 5. The molecule has 0 bridgehead atoms. The van der Waals surface area contributed by atoms with E-state index in [1.807, 2.05) is 45.2 Å².